The Morgan fingerprint density at radius 2 is 0.690 bits per heavy atom. The molecule has 0 aliphatic carbocycles. The van der Waals surface area contributed by atoms with E-state index in [2.05, 4.69) is 136 Å². The Labute approximate surface area is 250 Å². The van der Waals surface area contributed by atoms with Crippen molar-refractivity contribution in [3.05, 3.63) is 76.0 Å². The number of hydrogen-bond donors (Lipinski definition) is 0. The van der Waals surface area contributed by atoms with E-state index < -0.39 is 7.82 Å². The van der Waals surface area contributed by atoms with Crippen molar-refractivity contribution in [3.63, 3.8) is 0 Å². The first-order valence-electron chi connectivity index (χ1n) is 7.71. The average Bonchev–Trinajstić information content (AvgIpc) is 2.65. The van der Waals surface area contributed by atoms with Crippen LogP contribution in [0.2, 0.25) is 0 Å². The molecule has 11 heteroatoms. The van der Waals surface area contributed by atoms with Gasteiger partial charge in [0.15, 0.2) is 17.2 Å². The summed E-state index contributed by atoms with van der Waals surface area (Å²) in [6.45, 7) is 0. The molecule has 0 saturated carbocycles. The second-order valence-corrected chi connectivity index (χ2v) is 13.8. The third kappa shape index (κ3) is 6.60. The monoisotopic (exact) mass is 1080 g/mol. The van der Waals surface area contributed by atoms with Gasteiger partial charge in [0.25, 0.3) is 0 Å². The molecule has 0 spiro atoms. The van der Waals surface area contributed by atoms with Crippen LogP contribution in [0.15, 0.2) is 54.6 Å². The molecule has 0 aliphatic rings. The predicted octanol–water partition coefficient (Wildman–Crippen LogP) is 8.96. The Balaban J connectivity index is 2.09. The van der Waals surface area contributed by atoms with Gasteiger partial charge in [0, 0.05) is 0 Å². The lowest BCUT2D eigenvalue weighted by atomic mass is 10.3. The summed E-state index contributed by atoms with van der Waals surface area (Å²) in [5.41, 5.74) is 0. The highest BCUT2D eigenvalue weighted by Gasteiger charge is 2.37. The van der Waals surface area contributed by atoms with Crippen LogP contribution in [0.3, 0.4) is 0 Å². The molecule has 4 nitrogen and oxygen atoms in total. The molecular weight excluding hydrogens is 1070 g/mol. The Morgan fingerprint density at radius 3 is 0.897 bits per heavy atom. The van der Waals surface area contributed by atoms with Crippen LogP contribution in [0, 0.1) is 21.4 Å². The Bertz CT molecular complexity index is 910. The molecule has 3 aromatic rings. The predicted molar refractivity (Wildman–Crippen MR) is 165 cm³/mol. The lowest BCUT2D eigenvalue weighted by Crippen LogP contribution is -2.11. The van der Waals surface area contributed by atoms with E-state index >= 15 is 0 Å². The topological polar surface area (TPSA) is 44.8 Å². The molecular formula is C18H9I6O4P. The summed E-state index contributed by atoms with van der Waals surface area (Å²) < 4.78 is 36.8. The highest BCUT2D eigenvalue weighted by atomic mass is 127. The first-order chi connectivity index (χ1) is 13.7. The van der Waals surface area contributed by atoms with Crippen molar-refractivity contribution in [1.29, 1.82) is 0 Å². The molecule has 0 radical (unpaired) electrons. The van der Waals surface area contributed by atoms with Crippen molar-refractivity contribution in [2.45, 2.75) is 0 Å². The third-order valence-corrected chi connectivity index (χ3v) is 9.68. The minimum Gasteiger partial charge on any atom is -0.384 e. The van der Waals surface area contributed by atoms with E-state index in [4.69, 9.17) is 13.6 Å². The quantitative estimate of drug-likeness (QED) is 0.183. The molecule has 0 amide bonds. The standard InChI is InChI=1S/C18H9I6O4P/c19-10-4-1-5-11(20)16(10)26-29(25,27-17-12(21)6-2-7-13(17)22)28-18-14(23)8-3-9-15(18)24/h1-9H. The minimum absolute atomic E-state index is 0.471. The van der Waals surface area contributed by atoms with Crippen molar-refractivity contribution < 1.29 is 18.1 Å². The summed E-state index contributed by atoms with van der Waals surface area (Å²) in [6, 6.07) is 17.0. The van der Waals surface area contributed by atoms with Gasteiger partial charge < -0.3 is 13.6 Å². The number of benzene rings is 3. The van der Waals surface area contributed by atoms with E-state index in [1.165, 1.54) is 0 Å². The van der Waals surface area contributed by atoms with Gasteiger partial charge in [-0.1, -0.05) is 18.2 Å². The summed E-state index contributed by atoms with van der Waals surface area (Å²) in [5.74, 6) is 1.41. The Hall–Kier alpha value is 1.67. The van der Waals surface area contributed by atoms with Gasteiger partial charge in [0.1, 0.15) is 0 Å². The fourth-order valence-electron chi connectivity index (χ4n) is 2.10. The first-order valence-corrected chi connectivity index (χ1v) is 15.6. The van der Waals surface area contributed by atoms with Gasteiger partial charge in [-0.3, -0.25) is 0 Å². The van der Waals surface area contributed by atoms with Crippen LogP contribution in [-0.2, 0) is 4.57 Å². The summed E-state index contributed by atoms with van der Waals surface area (Å²) in [7, 11) is -4.08. The van der Waals surface area contributed by atoms with Crippen LogP contribution < -0.4 is 13.6 Å². The average molecular weight is 1080 g/mol. The highest BCUT2D eigenvalue weighted by molar-refractivity contribution is 14.1. The van der Waals surface area contributed by atoms with Gasteiger partial charge in [-0.2, -0.15) is 4.57 Å². The molecule has 3 aromatic carbocycles. The lowest BCUT2D eigenvalue weighted by molar-refractivity contribution is 0.294. The summed E-state index contributed by atoms with van der Waals surface area (Å²) >= 11 is 12.9. The molecule has 0 fully saturated rings. The number of halogens is 6. The number of phosphoric acid groups is 1. The summed E-state index contributed by atoms with van der Waals surface area (Å²) in [6.07, 6.45) is 0. The van der Waals surface area contributed by atoms with Crippen molar-refractivity contribution >= 4 is 143 Å². The zero-order chi connectivity index (χ0) is 21.2. The van der Waals surface area contributed by atoms with Gasteiger partial charge in [-0.15, -0.1) is 0 Å². The molecule has 0 saturated heterocycles. The third-order valence-electron chi connectivity index (χ3n) is 3.37. The maximum atomic E-state index is 13.9. The van der Waals surface area contributed by atoms with Gasteiger partial charge in [-0.05, 0) is 172 Å². The maximum absolute atomic E-state index is 13.9. The zero-order valence-corrected chi connectivity index (χ0v) is 27.9. The molecule has 152 valence electrons. The largest absolute Gasteiger partial charge is 0.647 e. The van der Waals surface area contributed by atoms with E-state index in [9.17, 15) is 4.57 Å². The lowest BCUT2D eigenvalue weighted by Gasteiger charge is -2.22. The van der Waals surface area contributed by atoms with Crippen LogP contribution in [-0.4, -0.2) is 0 Å². The molecule has 29 heavy (non-hydrogen) atoms. The smallest absolute Gasteiger partial charge is 0.384 e. The number of phosphoric ester groups is 1. The molecule has 0 aliphatic heterocycles. The zero-order valence-electron chi connectivity index (χ0n) is 14.0. The van der Waals surface area contributed by atoms with Crippen molar-refractivity contribution in [3.8, 4) is 17.2 Å². The number of hydrogen-bond acceptors (Lipinski definition) is 4. The van der Waals surface area contributed by atoms with E-state index in [0.717, 1.165) is 21.4 Å². The number of para-hydroxylation sites is 3. The van der Waals surface area contributed by atoms with Crippen LogP contribution in [0.1, 0.15) is 0 Å². The summed E-state index contributed by atoms with van der Waals surface area (Å²) in [5, 5.41) is 0. The molecule has 0 unspecified atom stereocenters. The number of rotatable bonds is 6. The Kier molecular flexibility index (Phi) is 9.77. The first kappa shape index (κ1) is 25.3. The molecule has 0 aromatic heterocycles. The van der Waals surface area contributed by atoms with Crippen LogP contribution in [0.5, 0.6) is 17.2 Å². The minimum atomic E-state index is -4.08. The van der Waals surface area contributed by atoms with Gasteiger partial charge in [0.2, 0.25) is 0 Å². The van der Waals surface area contributed by atoms with Gasteiger partial charge >= 0.3 is 7.82 Å². The normalized spacial score (nSPS) is 11.2. The maximum Gasteiger partial charge on any atom is 0.647 e. The molecule has 0 atom stereocenters. The second kappa shape index (κ2) is 11.2. The molecule has 0 N–H and O–H groups in total. The van der Waals surface area contributed by atoms with Crippen molar-refractivity contribution in [2.24, 2.45) is 0 Å². The van der Waals surface area contributed by atoms with Crippen molar-refractivity contribution in [2.75, 3.05) is 0 Å². The second-order valence-electron chi connectivity index (χ2n) is 5.37. The van der Waals surface area contributed by atoms with E-state index in [-0.39, 0.29) is 0 Å². The molecule has 3 rings (SSSR count). The van der Waals surface area contributed by atoms with Crippen LogP contribution in [0.4, 0.5) is 0 Å². The fraction of sp³-hybridized carbons (Fsp3) is 0. The van der Waals surface area contributed by atoms with Gasteiger partial charge in [-0.25, -0.2) is 0 Å². The molecule has 0 heterocycles. The SMILES string of the molecule is O=P(Oc1c(I)cccc1I)(Oc1c(I)cccc1I)Oc1c(I)cccc1I. The highest BCUT2D eigenvalue weighted by Crippen LogP contribution is 2.54. The molecule has 0 bridgehead atoms. The van der Waals surface area contributed by atoms with Crippen molar-refractivity contribution in [1.82, 2.24) is 0 Å². The summed E-state index contributed by atoms with van der Waals surface area (Å²) in [4.78, 5) is 0. The fourth-order valence-corrected chi connectivity index (χ4v) is 9.72. The Morgan fingerprint density at radius 1 is 0.483 bits per heavy atom. The van der Waals surface area contributed by atoms with E-state index in [1.807, 2.05) is 54.6 Å². The van der Waals surface area contributed by atoms with E-state index in [0.29, 0.717) is 17.2 Å². The van der Waals surface area contributed by atoms with E-state index in [1.54, 1.807) is 0 Å². The van der Waals surface area contributed by atoms with Gasteiger partial charge in [0.05, 0.1) is 21.4 Å². The van der Waals surface area contributed by atoms with Crippen LogP contribution in [0.25, 0.3) is 0 Å². The van der Waals surface area contributed by atoms with Crippen LogP contribution >= 0.6 is 143 Å².